The molecule has 4 aromatic rings. The Bertz CT molecular complexity index is 1160. The van der Waals surface area contributed by atoms with Gasteiger partial charge in [0.25, 0.3) is 0 Å². The van der Waals surface area contributed by atoms with Gasteiger partial charge in [-0.05, 0) is 36.1 Å². The number of carbonyl (C=O) groups is 1. The number of hydrogen-bond donors (Lipinski definition) is 2. The molecule has 4 rings (SSSR count). The molecule has 5 nitrogen and oxygen atoms in total. The Hall–Kier alpha value is -3.99. The number of aromatic nitrogens is 2. The number of anilines is 2. The molecule has 1 aromatic heterocycles. The normalized spacial score (nSPS) is 10.6. The average Bonchev–Trinajstić information content (AvgIpc) is 2.82. The van der Waals surface area contributed by atoms with Crippen molar-refractivity contribution in [1.29, 1.82) is 0 Å². The summed E-state index contributed by atoms with van der Waals surface area (Å²) in [5.74, 6) is 0.461. The third-order valence-electron chi connectivity index (χ3n) is 5.24. The van der Waals surface area contributed by atoms with E-state index in [1.54, 1.807) is 6.20 Å². The lowest BCUT2D eigenvalue weighted by Crippen LogP contribution is -2.15. The molecule has 0 fully saturated rings. The van der Waals surface area contributed by atoms with Gasteiger partial charge in [0.15, 0.2) is 5.82 Å². The number of aryl methyl sites for hydroxylation is 1. The summed E-state index contributed by atoms with van der Waals surface area (Å²) in [7, 11) is 0. The molecule has 32 heavy (non-hydrogen) atoms. The third kappa shape index (κ3) is 5.79. The highest BCUT2D eigenvalue weighted by Gasteiger charge is 2.13. The molecule has 0 saturated carbocycles. The van der Waals surface area contributed by atoms with Gasteiger partial charge in [0.1, 0.15) is 0 Å². The lowest BCUT2D eigenvalue weighted by atomic mass is 10.1. The monoisotopic (exact) mass is 422 g/mol. The van der Waals surface area contributed by atoms with Crippen molar-refractivity contribution < 1.29 is 4.79 Å². The Morgan fingerprint density at radius 2 is 1.50 bits per heavy atom. The van der Waals surface area contributed by atoms with Gasteiger partial charge in [-0.2, -0.15) is 0 Å². The Morgan fingerprint density at radius 1 is 0.844 bits per heavy atom. The van der Waals surface area contributed by atoms with Crippen LogP contribution in [0.4, 0.5) is 11.5 Å². The number of carbonyl (C=O) groups excluding carboxylic acids is 1. The molecule has 0 saturated heterocycles. The number of rotatable bonds is 8. The van der Waals surface area contributed by atoms with E-state index in [1.165, 1.54) is 5.56 Å². The zero-order chi connectivity index (χ0) is 22.2. The molecule has 0 atom stereocenters. The van der Waals surface area contributed by atoms with Gasteiger partial charge in [-0.25, -0.2) is 9.97 Å². The van der Waals surface area contributed by atoms with E-state index in [-0.39, 0.29) is 5.91 Å². The third-order valence-corrected chi connectivity index (χ3v) is 5.24. The maximum Gasteiger partial charge on any atom is 0.225 e. The van der Waals surface area contributed by atoms with Crippen molar-refractivity contribution in [3.8, 4) is 11.3 Å². The van der Waals surface area contributed by atoms with E-state index in [9.17, 15) is 4.79 Å². The van der Waals surface area contributed by atoms with E-state index < -0.39 is 0 Å². The van der Waals surface area contributed by atoms with Crippen LogP contribution in [0.2, 0.25) is 0 Å². The summed E-state index contributed by atoms with van der Waals surface area (Å²) in [5.41, 5.74) is 11.3. The molecule has 160 valence electrons. The van der Waals surface area contributed by atoms with Crippen LogP contribution in [0, 0.1) is 0 Å². The van der Waals surface area contributed by atoms with Crippen LogP contribution in [0.1, 0.15) is 29.7 Å². The highest BCUT2D eigenvalue weighted by Crippen LogP contribution is 2.23. The van der Waals surface area contributed by atoms with Crippen LogP contribution in [-0.2, 0) is 17.6 Å². The van der Waals surface area contributed by atoms with Crippen molar-refractivity contribution in [2.45, 2.75) is 25.7 Å². The topological polar surface area (TPSA) is 80.9 Å². The summed E-state index contributed by atoms with van der Waals surface area (Å²) >= 11 is 0. The second-order valence-electron chi connectivity index (χ2n) is 7.72. The van der Waals surface area contributed by atoms with E-state index in [0.29, 0.717) is 24.3 Å². The van der Waals surface area contributed by atoms with Crippen LogP contribution < -0.4 is 11.1 Å². The number of nitrogen functional groups attached to an aromatic ring is 1. The first-order valence-electron chi connectivity index (χ1n) is 10.8. The van der Waals surface area contributed by atoms with E-state index in [4.69, 9.17) is 10.7 Å². The maximum atomic E-state index is 12.6. The molecule has 0 radical (unpaired) electrons. The van der Waals surface area contributed by atoms with E-state index >= 15 is 0 Å². The smallest absolute Gasteiger partial charge is 0.225 e. The molecule has 0 unspecified atom stereocenters. The number of benzene rings is 3. The first-order valence-corrected chi connectivity index (χ1v) is 10.8. The summed E-state index contributed by atoms with van der Waals surface area (Å²) in [4.78, 5) is 22.0. The van der Waals surface area contributed by atoms with Gasteiger partial charge in [0.05, 0.1) is 17.6 Å². The molecular weight excluding hydrogens is 396 g/mol. The number of hydrogen-bond acceptors (Lipinski definition) is 4. The molecule has 3 aromatic carbocycles. The Kier molecular flexibility index (Phi) is 6.88. The molecule has 1 heterocycles. The fourth-order valence-corrected chi connectivity index (χ4v) is 3.53. The highest BCUT2D eigenvalue weighted by atomic mass is 16.1. The second-order valence-corrected chi connectivity index (χ2v) is 7.72. The fourth-order valence-electron chi connectivity index (χ4n) is 3.53. The molecule has 0 aliphatic heterocycles. The SMILES string of the molecule is Nc1ccc(-c2cnc(NC(=O)CCCc3ccccc3)c(Cc3ccccc3)n2)cc1. The molecule has 0 spiro atoms. The lowest BCUT2D eigenvalue weighted by molar-refractivity contribution is -0.116. The quantitative estimate of drug-likeness (QED) is 0.379. The van der Waals surface area contributed by atoms with Crippen molar-refractivity contribution in [1.82, 2.24) is 9.97 Å². The Balaban J connectivity index is 1.50. The summed E-state index contributed by atoms with van der Waals surface area (Å²) in [6.07, 6.45) is 4.35. The number of nitrogens with zero attached hydrogens (tertiary/aromatic N) is 2. The standard InChI is InChI=1S/C27H26N4O/c28-23-16-14-22(15-17-23)25-19-29-27(24(30-25)18-21-10-5-2-6-11-21)31-26(32)13-7-12-20-8-3-1-4-9-20/h1-6,8-11,14-17,19H,7,12-13,18,28H2,(H,29,31,32). The van der Waals surface area contributed by atoms with Crippen LogP contribution in [-0.4, -0.2) is 15.9 Å². The van der Waals surface area contributed by atoms with E-state index in [1.807, 2.05) is 72.8 Å². The van der Waals surface area contributed by atoms with E-state index in [2.05, 4.69) is 22.4 Å². The predicted octanol–water partition coefficient (Wildman–Crippen LogP) is 5.28. The Morgan fingerprint density at radius 3 is 2.19 bits per heavy atom. The van der Waals surface area contributed by atoms with Gasteiger partial charge >= 0.3 is 0 Å². The summed E-state index contributed by atoms with van der Waals surface area (Å²) in [6, 6.07) is 27.8. The van der Waals surface area contributed by atoms with Crippen LogP contribution in [0.15, 0.2) is 91.1 Å². The minimum Gasteiger partial charge on any atom is -0.399 e. The summed E-state index contributed by atoms with van der Waals surface area (Å²) < 4.78 is 0. The molecular formula is C27H26N4O. The van der Waals surface area contributed by atoms with Gasteiger partial charge in [-0.1, -0.05) is 72.8 Å². The van der Waals surface area contributed by atoms with Gasteiger partial charge in [-0.3, -0.25) is 4.79 Å². The number of nitrogens with two attached hydrogens (primary N) is 1. The van der Waals surface area contributed by atoms with Gasteiger partial charge < -0.3 is 11.1 Å². The van der Waals surface area contributed by atoms with Crippen molar-refractivity contribution in [2.75, 3.05) is 11.1 Å². The van der Waals surface area contributed by atoms with Crippen molar-refractivity contribution in [2.24, 2.45) is 0 Å². The first-order chi connectivity index (χ1) is 15.7. The minimum atomic E-state index is -0.0511. The van der Waals surface area contributed by atoms with Crippen LogP contribution in [0.25, 0.3) is 11.3 Å². The average molecular weight is 423 g/mol. The largest absolute Gasteiger partial charge is 0.399 e. The maximum absolute atomic E-state index is 12.6. The van der Waals surface area contributed by atoms with Crippen LogP contribution >= 0.6 is 0 Å². The van der Waals surface area contributed by atoms with Gasteiger partial charge in [0, 0.05) is 24.1 Å². The predicted molar refractivity (Wildman–Crippen MR) is 129 cm³/mol. The first kappa shape index (κ1) is 21.2. The van der Waals surface area contributed by atoms with Crippen LogP contribution in [0.5, 0.6) is 0 Å². The summed E-state index contributed by atoms with van der Waals surface area (Å²) in [6.45, 7) is 0. The molecule has 0 aliphatic rings. The molecule has 0 aliphatic carbocycles. The van der Waals surface area contributed by atoms with Crippen molar-refractivity contribution in [3.05, 3.63) is 108 Å². The van der Waals surface area contributed by atoms with Crippen molar-refractivity contribution >= 4 is 17.4 Å². The second kappa shape index (κ2) is 10.4. The van der Waals surface area contributed by atoms with E-state index in [0.717, 1.165) is 35.4 Å². The highest BCUT2D eigenvalue weighted by molar-refractivity contribution is 5.90. The number of nitrogens with one attached hydrogen (secondary N) is 1. The zero-order valence-corrected chi connectivity index (χ0v) is 17.9. The van der Waals surface area contributed by atoms with Gasteiger partial charge in [-0.15, -0.1) is 0 Å². The van der Waals surface area contributed by atoms with Crippen LogP contribution in [0.3, 0.4) is 0 Å². The summed E-state index contributed by atoms with van der Waals surface area (Å²) in [5, 5.41) is 2.97. The fraction of sp³-hybridized carbons (Fsp3) is 0.148. The minimum absolute atomic E-state index is 0.0511. The zero-order valence-electron chi connectivity index (χ0n) is 17.9. The lowest BCUT2D eigenvalue weighted by Gasteiger charge is -2.12. The van der Waals surface area contributed by atoms with Gasteiger partial charge in [0.2, 0.25) is 5.91 Å². The number of amides is 1. The molecule has 1 amide bonds. The molecule has 0 bridgehead atoms. The molecule has 3 N–H and O–H groups in total. The molecule has 5 heteroatoms. The Labute approximate surface area is 188 Å². The van der Waals surface area contributed by atoms with Crippen molar-refractivity contribution in [3.63, 3.8) is 0 Å².